The van der Waals surface area contributed by atoms with Crippen LogP contribution in [0.2, 0.25) is 0 Å². The van der Waals surface area contributed by atoms with E-state index < -0.39 is 6.04 Å². The van der Waals surface area contributed by atoms with Gasteiger partial charge in [0.25, 0.3) is 0 Å². The van der Waals surface area contributed by atoms with Gasteiger partial charge in [-0.05, 0) is 36.2 Å². The smallest absolute Gasteiger partial charge is 0.243 e. The first kappa shape index (κ1) is 15.3. The van der Waals surface area contributed by atoms with Gasteiger partial charge in [0.05, 0.1) is 12.8 Å². The van der Waals surface area contributed by atoms with E-state index in [4.69, 9.17) is 4.42 Å². The molecule has 3 rings (SSSR count). The van der Waals surface area contributed by atoms with Crippen LogP contribution in [-0.4, -0.2) is 22.8 Å². The number of carbonyl (C=O) groups excluding carboxylic acids is 2. The third-order valence-corrected chi connectivity index (χ3v) is 3.89. The van der Waals surface area contributed by atoms with Gasteiger partial charge in [-0.1, -0.05) is 12.1 Å². The minimum Gasteiger partial charge on any atom is -0.467 e. The highest BCUT2D eigenvalue weighted by Crippen LogP contribution is 2.22. The first-order valence-electron chi connectivity index (χ1n) is 7.47. The first-order chi connectivity index (χ1) is 11.1. The summed E-state index contributed by atoms with van der Waals surface area (Å²) < 4.78 is 18.4. The highest BCUT2D eigenvalue weighted by Gasteiger charge is 2.36. The second-order valence-electron chi connectivity index (χ2n) is 5.50. The summed E-state index contributed by atoms with van der Waals surface area (Å²) in [6.45, 7) is 0.514. The molecule has 0 bridgehead atoms. The number of furan rings is 1. The maximum absolute atomic E-state index is 13.1. The molecule has 2 aromatic rings. The molecular formula is C17H17FN2O3. The Morgan fingerprint density at radius 3 is 2.96 bits per heavy atom. The molecule has 2 amide bonds. The summed E-state index contributed by atoms with van der Waals surface area (Å²) in [5, 5.41) is 2.77. The fourth-order valence-electron chi connectivity index (χ4n) is 2.73. The molecule has 1 aromatic heterocycles. The van der Waals surface area contributed by atoms with E-state index in [9.17, 15) is 14.0 Å². The number of likely N-dealkylation sites (tertiary alicyclic amines) is 1. The molecule has 1 aliphatic heterocycles. The van der Waals surface area contributed by atoms with Gasteiger partial charge in [-0.3, -0.25) is 9.59 Å². The van der Waals surface area contributed by atoms with E-state index >= 15 is 0 Å². The molecule has 2 heterocycles. The monoisotopic (exact) mass is 316 g/mol. The van der Waals surface area contributed by atoms with Crippen LogP contribution in [0.3, 0.4) is 0 Å². The van der Waals surface area contributed by atoms with Gasteiger partial charge in [0, 0.05) is 13.0 Å². The lowest BCUT2D eigenvalue weighted by molar-refractivity contribution is -0.136. The van der Waals surface area contributed by atoms with Crippen molar-refractivity contribution in [3.05, 3.63) is 59.8 Å². The van der Waals surface area contributed by atoms with Crippen molar-refractivity contribution in [3.63, 3.8) is 0 Å². The summed E-state index contributed by atoms with van der Waals surface area (Å²) in [4.78, 5) is 25.9. The van der Waals surface area contributed by atoms with Crippen LogP contribution in [0, 0.1) is 5.82 Å². The van der Waals surface area contributed by atoms with Crippen LogP contribution in [0.5, 0.6) is 0 Å². The number of benzene rings is 1. The van der Waals surface area contributed by atoms with Crippen molar-refractivity contribution in [3.8, 4) is 0 Å². The van der Waals surface area contributed by atoms with Gasteiger partial charge in [-0.25, -0.2) is 4.39 Å². The lowest BCUT2D eigenvalue weighted by Gasteiger charge is -2.23. The maximum Gasteiger partial charge on any atom is 0.243 e. The van der Waals surface area contributed by atoms with Crippen LogP contribution in [0.1, 0.15) is 24.2 Å². The highest BCUT2D eigenvalue weighted by molar-refractivity contribution is 5.90. The Kier molecular flexibility index (Phi) is 4.41. The van der Waals surface area contributed by atoms with Gasteiger partial charge in [-0.15, -0.1) is 0 Å². The Bertz CT molecular complexity index is 700. The second kappa shape index (κ2) is 6.64. The number of nitrogens with zero attached hydrogens (tertiary/aromatic N) is 1. The normalized spacial score (nSPS) is 17.5. The molecule has 1 fully saturated rings. The molecule has 5 nitrogen and oxygen atoms in total. The molecular weight excluding hydrogens is 299 g/mol. The standard InChI is InChI=1S/C17H17FN2O3/c18-13-4-1-3-12(9-13)10-19-17(22)15-6-7-16(21)20(15)11-14-5-2-8-23-14/h1-5,8-9,15H,6-7,10-11H2,(H,19,22)/t15-/m0/s1. The molecule has 1 N–H and O–H groups in total. The third kappa shape index (κ3) is 3.59. The summed E-state index contributed by atoms with van der Waals surface area (Å²) in [7, 11) is 0. The van der Waals surface area contributed by atoms with Crippen molar-refractivity contribution in [2.24, 2.45) is 0 Å². The van der Waals surface area contributed by atoms with Crippen molar-refractivity contribution in [2.45, 2.75) is 32.0 Å². The van der Waals surface area contributed by atoms with Crippen molar-refractivity contribution in [2.75, 3.05) is 0 Å². The van der Waals surface area contributed by atoms with Gasteiger partial charge >= 0.3 is 0 Å². The summed E-state index contributed by atoms with van der Waals surface area (Å²) in [5.74, 6) is 0.00870. The largest absolute Gasteiger partial charge is 0.467 e. The number of hydrogen-bond acceptors (Lipinski definition) is 3. The van der Waals surface area contributed by atoms with E-state index in [1.807, 2.05) is 0 Å². The van der Waals surface area contributed by atoms with Crippen molar-refractivity contribution >= 4 is 11.8 Å². The third-order valence-electron chi connectivity index (χ3n) is 3.89. The molecule has 0 saturated carbocycles. The molecule has 1 aliphatic rings. The lowest BCUT2D eigenvalue weighted by Crippen LogP contribution is -2.44. The number of nitrogens with one attached hydrogen (secondary N) is 1. The predicted molar refractivity (Wildman–Crippen MR) is 80.5 cm³/mol. The van der Waals surface area contributed by atoms with E-state index in [1.165, 1.54) is 23.3 Å². The molecule has 0 spiro atoms. The predicted octanol–water partition coefficient (Wildman–Crippen LogP) is 2.23. The summed E-state index contributed by atoms with van der Waals surface area (Å²) in [6.07, 6.45) is 2.36. The zero-order valence-corrected chi connectivity index (χ0v) is 12.5. The molecule has 23 heavy (non-hydrogen) atoms. The van der Waals surface area contributed by atoms with E-state index in [0.29, 0.717) is 24.2 Å². The van der Waals surface area contributed by atoms with Gasteiger partial charge < -0.3 is 14.6 Å². The SMILES string of the molecule is O=C(NCc1cccc(F)c1)[C@@H]1CCC(=O)N1Cc1ccco1. The van der Waals surface area contributed by atoms with E-state index in [0.717, 1.165) is 0 Å². The Morgan fingerprint density at radius 2 is 2.22 bits per heavy atom. The Morgan fingerprint density at radius 1 is 1.35 bits per heavy atom. The second-order valence-corrected chi connectivity index (χ2v) is 5.50. The molecule has 0 aliphatic carbocycles. The molecule has 6 heteroatoms. The number of hydrogen-bond donors (Lipinski definition) is 1. The topological polar surface area (TPSA) is 62.6 Å². The van der Waals surface area contributed by atoms with Crippen molar-refractivity contribution in [1.29, 1.82) is 0 Å². The van der Waals surface area contributed by atoms with Crippen LogP contribution in [-0.2, 0) is 22.7 Å². The number of amides is 2. The maximum atomic E-state index is 13.1. The van der Waals surface area contributed by atoms with Gasteiger partial charge in [0.2, 0.25) is 11.8 Å². The Labute approximate surface area is 133 Å². The summed E-state index contributed by atoms with van der Waals surface area (Å²) in [6, 6.07) is 9.07. The molecule has 1 atom stereocenters. The number of halogens is 1. The zero-order valence-electron chi connectivity index (χ0n) is 12.5. The van der Waals surface area contributed by atoms with E-state index in [2.05, 4.69) is 5.32 Å². The fraction of sp³-hybridized carbons (Fsp3) is 0.294. The molecule has 0 unspecified atom stereocenters. The Balaban J connectivity index is 1.62. The van der Waals surface area contributed by atoms with E-state index in [-0.39, 0.29) is 30.7 Å². The zero-order chi connectivity index (χ0) is 16.2. The van der Waals surface area contributed by atoms with Gasteiger partial charge in [0.1, 0.15) is 17.6 Å². The quantitative estimate of drug-likeness (QED) is 0.920. The van der Waals surface area contributed by atoms with Crippen LogP contribution >= 0.6 is 0 Å². The minimum atomic E-state index is -0.513. The number of carbonyl (C=O) groups is 2. The average molecular weight is 316 g/mol. The van der Waals surface area contributed by atoms with Crippen LogP contribution in [0.15, 0.2) is 47.1 Å². The molecule has 1 saturated heterocycles. The fourth-order valence-corrected chi connectivity index (χ4v) is 2.73. The van der Waals surface area contributed by atoms with Gasteiger partial charge in [0.15, 0.2) is 0 Å². The molecule has 120 valence electrons. The van der Waals surface area contributed by atoms with Crippen LogP contribution < -0.4 is 5.32 Å². The molecule has 0 radical (unpaired) electrons. The summed E-state index contributed by atoms with van der Waals surface area (Å²) in [5.41, 5.74) is 0.681. The highest BCUT2D eigenvalue weighted by atomic mass is 19.1. The van der Waals surface area contributed by atoms with Crippen LogP contribution in [0.4, 0.5) is 4.39 Å². The molecule has 1 aromatic carbocycles. The lowest BCUT2D eigenvalue weighted by atomic mass is 10.2. The van der Waals surface area contributed by atoms with Crippen molar-refractivity contribution in [1.82, 2.24) is 10.2 Å². The Hall–Kier alpha value is -2.63. The first-order valence-corrected chi connectivity index (χ1v) is 7.47. The number of rotatable bonds is 5. The van der Waals surface area contributed by atoms with Crippen molar-refractivity contribution < 1.29 is 18.4 Å². The summed E-state index contributed by atoms with van der Waals surface area (Å²) >= 11 is 0. The minimum absolute atomic E-state index is 0.0627. The van der Waals surface area contributed by atoms with Gasteiger partial charge in [-0.2, -0.15) is 0 Å². The van der Waals surface area contributed by atoms with E-state index in [1.54, 1.807) is 24.3 Å². The van der Waals surface area contributed by atoms with Crippen LogP contribution in [0.25, 0.3) is 0 Å². The average Bonchev–Trinajstić information content (AvgIpc) is 3.16.